The topological polar surface area (TPSA) is 189 Å². The molecule has 0 radical (unpaired) electrons. The first kappa shape index (κ1) is 39.9. The first-order valence-electron chi connectivity index (χ1n) is 20.6. The number of pyridine rings is 2. The Morgan fingerprint density at radius 3 is 2.44 bits per heavy atom. The lowest BCUT2D eigenvalue weighted by atomic mass is 9.92. The Bertz CT molecular complexity index is 2370. The molecule has 4 aromatic rings. The van der Waals surface area contributed by atoms with Gasteiger partial charge >= 0.3 is 0 Å². The predicted molar refractivity (Wildman–Crippen MR) is 221 cm³/mol. The van der Waals surface area contributed by atoms with Crippen LogP contribution in [0.25, 0.3) is 11.0 Å². The molecule has 1 aromatic carbocycles. The van der Waals surface area contributed by atoms with E-state index in [0.29, 0.717) is 60.2 Å². The summed E-state index contributed by atoms with van der Waals surface area (Å²) >= 11 is 0. The number of Topliss-reactive ketones (excluding diaryl/α,β-unsaturated/α-hetero) is 3. The van der Waals surface area contributed by atoms with Gasteiger partial charge in [0.2, 0.25) is 5.95 Å². The minimum Gasteiger partial charge on any atom is -0.384 e. The van der Waals surface area contributed by atoms with Crippen LogP contribution in [0.5, 0.6) is 0 Å². The second kappa shape index (κ2) is 17.2. The van der Waals surface area contributed by atoms with Crippen LogP contribution >= 0.6 is 0 Å². The summed E-state index contributed by atoms with van der Waals surface area (Å²) in [5, 5.41) is 7.17. The van der Waals surface area contributed by atoms with Crippen molar-refractivity contribution in [2.45, 2.75) is 77.3 Å². The summed E-state index contributed by atoms with van der Waals surface area (Å²) < 4.78 is 7.64. The number of anilines is 4. The highest BCUT2D eigenvalue weighted by Crippen LogP contribution is 2.34. The molecule has 8 rings (SSSR count). The van der Waals surface area contributed by atoms with Crippen molar-refractivity contribution in [3.05, 3.63) is 75.3 Å². The molecular weight excluding hydrogens is 755 g/mol. The number of aryl methyl sites for hydroxylation is 1. The molecule has 0 spiro atoms. The maximum absolute atomic E-state index is 13.6. The number of aromatic nitrogens is 4. The largest absolute Gasteiger partial charge is 0.384 e. The van der Waals surface area contributed by atoms with E-state index in [1.807, 2.05) is 18.3 Å². The molecular formula is C43H49N9O7. The second-order valence-electron chi connectivity index (χ2n) is 15.8. The van der Waals surface area contributed by atoms with Crippen molar-refractivity contribution in [3.8, 4) is 0 Å². The number of hydrogen-bond acceptors (Lipinski definition) is 14. The maximum atomic E-state index is 13.6. The number of carbonyl (C=O) groups excluding carboxylic acids is 5. The summed E-state index contributed by atoms with van der Waals surface area (Å²) in [6.07, 6.45) is 8.15. The second-order valence-corrected chi connectivity index (χ2v) is 15.8. The summed E-state index contributed by atoms with van der Waals surface area (Å²) in [4.78, 5) is 96.3. The van der Waals surface area contributed by atoms with Gasteiger partial charge < -0.3 is 20.3 Å². The fraction of sp³-hybridized carbons (Fsp3) is 0.465. The third kappa shape index (κ3) is 8.11. The molecule has 3 aromatic heterocycles. The number of imide groups is 1. The third-order valence-electron chi connectivity index (χ3n) is 12.0. The quantitative estimate of drug-likeness (QED) is 0.0786. The first-order valence-corrected chi connectivity index (χ1v) is 20.6. The van der Waals surface area contributed by atoms with Crippen LogP contribution < -0.4 is 21.1 Å². The summed E-state index contributed by atoms with van der Waals surface area (Å²) in [7, 11) is 0. The first-order chi connectivity index (χ1) is 28.6. The fourth-order valence-electron chi connectivity index (χ4n) is 8.86. The molecule has 5 heterocycles. The van der Waals surface area contributed by atoms with Gasteiger partial charge in [0.15, 0.2) is 11.6 Å². The van der Waals surface area contributed by atoms with Crippen molar-refractivity contribution in [2.24, 2.45) is 0 Å². The zero-order valence-electron chi connectivity index (χ0n) is 33.5. The molecule has 1 unspecified atom stereocenters. The van der Waals surface area contributed by atoms with Crippen LogP contribution in [0.1, 0.15) is 101 Å². The molecule has 2 amide bonds. The fourth-order valence-corrected chi connectivity index (χ4v) is 8.86. The molecule has 0 bridgehead atoms. The van der Waals surface area contributed by atoms with E-state index in [-0.39, 0.29) is 64.9 Å². The molecule has 2 aliphatic heterocycles. The number of nitrogens with one attached hydrogen (secondary N) is 2. The van der Waals surface area contributed by atoms with Crippen molar-refractivity contribution < 1.29 is 28.7 Å². The molecule has 59 heavy (non-hydrogen) atoms. The van der Waals surface area contributed by atoms with Gasteiger partial charge in [0.05, 0.1) is 47.6 Å². The molecule has 1 atom stereocenters. The van der Waals surface area contributed by atoms with Crippen LogP contribution in [0.15, 0.2) is 47.5 Å². The van der Waals surface area contributed by atoms with Gasteiger partial charge in [0, 0.05) is 75.6 Å². The van der Waals surface area contributed by atoms with E-state index < -0.39 is 17.9 Å². The smallest absolute Gasteiger partial charge is 0.264 e. The van der Waals surface area contributed by atoms with E-state index in [2.05, 4.69) is 30.4 Å². The van der Waals surface area contributed by atoms with Gasteiger partial charge in [0.1, 0.15) is 17.2 Å². The Morgan fingerprint density at radius 1 is 0.915 bits per heavy atom. The van der Waals surface area contributed by atoms with Gasteiger partial charge in [-0.25, -0.2) is 9.97 Å². The van der Waals surface area contributed by atoms with E-state index in [1.165, 1.54) is 6.92 Å². The number of carbonyl (C=O) groups is 5. The average molecular weight is 804 g/mol. The predicted octanol–water partition coefficient (Wildman–Crippen LogP) is 4.48. The monoisotopic (exact) mass is 803 g/mol. The lowest BCUT2D eigenvalue weighted by Crippen LogP contribution is -2.47. The van der Waals surface area contributed by atoms with Gasteiger partial charge in [-0.05, 0) is 69.4 Å². The third-order valence-corrected chi connectivity index (χ3v) is 12.0. The lowest BCUT2D eigenvalue weighted by Gasteiger charge is -2.35. The van der Waals surface area contributed by atoms with Crippen LogP contribution in [0.2, 0.25) is 0 Å². The zero-order valence-corrected chi connectivity index (χ0v) is 33.5. The van der Waals surface area contributed by atoms with Crippen LogP contribution in [0.3, 0.4) is 0 Å². The number of ether oxygens (including phenoxy) is 1. The number of fused-ring (bicyclic) bond motifs is 2. The number of amides is 2. The summed E-state index contributed by atoms with van der Waals surface area (Å²) in [5.74, 6) is -0.855. The summed E-state index contributed by atoms with van der Waals surface area (Å²) in [5.41, 5.74) is 3.18. The number of piperazine rings is 1. The van der Waals surface area contributed by atoms with E-state index in [1.54, 1.807) is 35.9 Å². The molecule has 16 heteroatoms. The van der Waals surface area contributed by atoms with Crippen molar-refractivity contribution in [2.75, 3.05) is 68.0 Å². The SMILES string of the molecule is CC(=O)c1c(C)c2cnc(Nc3ccc(N4CCN(CCOCCCNc5cccc6c5C(=O)N(C5CCC(=O)CC5=O)C6=O)CC4)cn3)nc2n(C2CCCC2)c1=O. The van der Waals surface area contributed by atoms with E-state index in [9.17, 15) is 28.8 Å². The highest BCUT2D eigenvalue weighted by atomic mass is 16.5. The highest BCUT2D eigenvalue weighted by Gasteiger charge is 2.45. The van der Waals surface area contributed by atoms with Crippen molar-refractivity contribution in [1.29, 1.82) is 0 Å². The molecule has 3 fully saturated rings. The maximum Gasteiger partial charge on any atom is 0.264 e. The Hall–Kier alpha value is -5.87. The molecule has 2 saturated carbocycles. The van der Waals surface area contributed by atoms with Gasteiger partial charge in [0.25, 0.3) is 17.4 Å². The van der Waals surface area contributed by atoms with E-state index in [0.717, 1.165) is 69.0 Å². The van der Waals surface area contributed by atoms with Crippen molar-refractivity contribution in [1.82, 2.24) is 29.3 Å². The number of rotatable bonds is 14. The number of hydrogen-bond donors (Lipinski definition) is 2. The molecule has 4 aliphatic rings. The van der Waals surface area contributed by atoms with Crippen molar-refractivity contribution in [3.63, 3.8) is 0 Å². The molecule has 308 valence electrons. The van der Waals surface area contributed by atoms with Gasteiger partial charge in [-0.2, -0.15) is 4.98 Å². The van der Waals surface area contributed by atoms with Crippen LogP contribution in [-0.2, 0) is 14.3 Å². The Kier molecular flexibility index (Phi) is 11.6. The molecule has 2 N–H and O–H groups in total. The number of ketones is 3. The normalized spacial score (nSPS) is 18.9. The Balaban J connectivity index is 0.775. The molecule has 1 saturated heterocycles. The van der Waals surface area contributed by atoms with Crippen LogP contribution in [-0.4, -0.2) is 117 Å². The minimum atomic E-state index is -0.893. The Morgan fingerprint density at radius 2 is 1.71 bits per heavy atom. The van der Waals surface area contributed by atoms with E-state index in [4.69, 9.17) is 9.72 Å². The van der Waals surface area contributed by atoms with Gasteiger partial charge in [-0.3, -0.25) is 43.1 Å². The Labute approximate surface area is 341 Å². The summed E-state index contributed by atoms with van der Waals surface area (Å²) in [6, 6.07) is 8.10. The minimum absolute atomic E-state index is 0.00319. The van der Waals surface area contributed by atoms with Crippen molar-refractivity contribution >= 4 is 63.3 Å². The average Bonchev–Trinajstić information content (AvgIpc) is 3.84. The number of benzene rings is 1. The van der Waals surface area contributed by atoms with E-state index >= 15 is 0 Å². The van der Waals surface area contributed by atoms with Gasteiger partial charge in [-0.1, -0.05) is 18.9 Å². The highest BCUT2D eigenvalue weighted by molar-refractivity contribution is 6.25. The van der Waals surface area contributed by atoms with Crippen LogP contribution in [0, 0.1) is 6.92 Å². The summed E-state index contributed by atoms with van der Waals surface area (Å²) in [6.45, 7) is 9.14. The molecule has 2 aliphatic carbocycles. The molecule has 16 nitrogen and oxygen atoms in total. The zero-order chi connectivity index (χ0) is 41.2. The standard InChI is InChI=1S/C43H49N9O7/c1-26-32-25-46-43(48-39(32)51(28-7-3-4-8-28)41(57)37(26)27(2)53)47-36-14-11-29(24-45-36)50-18-16-49(17-19-50)20-22-59-21-6-15-44-33-10-5-9-31-38(33)42(58)52(40(31)56)34-13-12-30(54)23-35(34)55/h5,9-11,14,24-25,28,34,44H,3-4,6-8,12-13,15-23H2,1-2H3,(H,45,46,47,48). The van der Waals surface area contributed by atoms with Crippen LogP contribution in [0.4, 0.5) is 23.1 Å². The van der Waals surface area contributed by atoms with Gasteiger partial charge in [-0.15, -0.1) is 0 Å². The lowest BCUT2D eigenvalue weighted by molar-refractivity contribution is -0.132. The number of nitrogens with zero attached hydrogens (tertiary/aromatic N) is 7.